The van der Waals surface area contributed by atoms with E-state index < -0.39 is 11.7 Å². The van der Waals surface area contributed by atoms with Crippen molar-refractivity contribution in [2.75, 3.05) is 33.3 Å². The number of ketones is 1. The molecule has 10 heteroatoms. The molecule has 10 nitrogen and oxygen atoms in total. The lowest BCUT2D eigenvalue weighted by Gasteiger charge is -2.34. The van der Waals surface area contributed by atoms with E-state index in [2.05, 4.69) is 10.3 Å². The maximum atomic E-state index is 13.5. The molecule has 3 aromatic carbocycles. The van der Waals surface area contributed by atoms with Gasteiger partial charge < -0.3 is 29.3 Å². The number of aromatic amines is 1. The van der Waals surface area contributed by atoms with E-state index in [1.807, 2.05) is 30.3 Å². The van der Waals surface area contributed by atoms with Crippen LogP contribution in [0.25, 0.3) is 22.2 Å². The van der Waals surface area contributed by atoms with E-state index in [0.717, 1.165) is 0 Å². The summed E-state index contributed by atoms with van der Waals surface area (Å²) in [5.74, 6) is -0.113. The first-order chi connectivity index (χ1) is 21.4. The Morgan fingerprint density at radius 3 is 2.16 bits per heavy atom. The zero-order valence-corrected chi connectivity index (χ0v) is 24.0. The predicted molar refractivity (Wildman–Crippen MR) is 163 cm³/mol. The first kappa shape index (κ1) is 28.5. The van der Waals surface area contributed by atoms with Gasteiger partial charge in [0.25, 0.3) is 23.5 Å². The molecule has 1 fully saturated rings. The van der Waals surface area contributed by atoms with Gasteiger partial charge in [-0.3, -0.25) is 19.2 Å². The van der Waals surface area contributed by atoms with Gasteiger partial charge in [-0.05, 0) is 48.5 Å². The van der Waals surface area contributed by atoms with Crippen molar-refractivity contribution in [1.82, 2.24) is 20.1 Å². The highest BCUT2D eigenvalue weighted by Crippen LogP contribution is 2.37. The molecule has 3 amide bonds. The van der Waals surface area contributed by atoms with Crippen molar-refractivity contribution >= 4 is 34.4 Å². The third kappa shape index (κ3) is 5.57. The highest BCUT2D eigenvalue weighted by Gasteiger charge is 2.31. The average molecular weight is 591 g/mol. The smallest absolute Gasteiger partial charge is 0.295 e. The van der Waals surface area contributed by atoms with Crippen molar-refractivity contribution in [1.29, 1.82) is 0 Å². The molecule has 0 bridgehead atoms. The first-order valence-corrected chi connectivity index (χ1v) is 14.2. The molecule has 2 aromatic heterocycles. The monoisotopic (exact) mass is 590 g/mol. The molecule has 0 radical (unpaired) electrons. The molecule has 6 rings (SSSR count). The number of benzene rings is 3. The minimum atomic E-state index is -0.668. The molecule has 0 atom stereocenters. The van der Waals surface area contributed by atoms with Gasteiger partial charge in [0.1, 0.15) is 17.3 Å². The minimum absolute atomic E-state index is 0.0995. The SMILES string of the molecule is COc1ccc(-c2ccc(CNC(=O)c3ccccc3)o2)c2[nH]cc(C(=O)C(=O)N3CCN(C(=O)c4ccccc4)CC3)c12. The summed E-state index contributed by atoms with van der Waals surface area (Å²) in [7, 11) is 1.50. The third-order valence-corrected chi connectivity index (χ3v) is 7.72. The average Bonchev–Trinajstić information content (AvgIpc) is 3.75. The molecule has 2 N–H and O–H groups in total. The van der Waals surface area contributed by atoms with E-state index in [-0.39, 0.29) is 37.0 Å². The predicted octanol–water partition coefficient (Wildman–Crippen LogP) is 4.53. The molecular weight excluding hydrogens is 560 g/mol. The summed E-state index contributed by atoms with van der Waals surface area (Å²) < 4.78 is 11.6. The Hall–Kier alpha value is -5.64. The zero-order valence-electron chi connectivity index (χ0n) is 24.0. The second-order valence-corrected chi connectivity index (χ2v) is 10.4. The van der Waals surface area contributed by atoms with Crippen LogP contribution in [0.5, 0.6) is 5.75 Å². The zero-order chi connectivity index (χ0) is 30.6. The van der Waals surface area contributed by atoms with Gasteiger partial charge in [-0.25, -0.2) is 0 Å². The van der Waals surface area contributed by atoms with E-state index >= 15 is 0 Å². The van der Waals surface area contributed by atoms with Crippen molar-refractivity contribution < 1.29 is 28.3 Å². The fourth-order valence-electron chi connectivity index (χ4n) is 5.38. The fourth-order valence-corrected chi connectivity index (χ4v) is 5.38. The number of hydrogen-bond acceptors (Lipinski definition) is 6. The lowest BCUT2D eigenvalue weighted by Crippen LogP contribution is -2.52. The summed E-state index contributed by atoms with van der Waals surface area (Å²) in [6.45, 7) is 1.37. The Bertz CT molecular complexity index is 1840. The van der Waals surface area contributed by atoms with Gasteiger partial charge in [-0.2, -0.15) is 0 Å². The number of rotatable bonds is 8. The summed E-state index contributed by atoms with van der Waals surface area (Å²) in [5.41, 5.74) is 2.57. The van der Waals surface area contributed by atoms with E-state index in [4.69, 9.17) is 9.15 Å². The molecule has 0 aliphatic carbocycles. The Morgan fingerprint density at radius 1 is 0.818 bits per heavy atom. The standard InChI is InChI=1S/C34H30N4O6/c1-43-28-15-13-25(27-14-12-24(44-27)20-36-32(40)22-8-4-2-5-9-22)30-29(28)26(21-35-30)31(39)34(42)38-18-16-37(17-19-38)33(41)23-10-6-3-7-11-23/h2-15,21,35H,16-20H2,1H3,(H,36,40). The van der Waals surface area contributed by atoms with Crippen molar-refractivity contribution in [2.24, 2.45) is 0 Å². The number of nitrogens with one attached hydrogen (secondary N) is 2. The van der Waals surface area contributed by atoms with Crippen molar-refractivity contribution in [3.63, 3.8) is 0 Å². The first-order valence-electron chi connectivity index (χ1n) is 14.2. The second-order valence-electron chi connectivity index (χ2n) is 10.4. The van der Waals surface area contributed by atoms with Crippen LogP contribution in [0.4, 0.5) is 0 Å². The van der Waals surface area contributed by atoms with Gasteiger partial charge in [-0.15, -0.1) is 0 Å². The Labute approximate surface area is 253 Å². The number of furan rings is 1. The van der Waals surface area contributed by atoms with E-state index in [1.165, 1.54) is 18.2 Å². The number of aromatic nitrogens is 1. The molecule has 0 unspecified atom stereocenters. The van der Waals surface area contributed by atoms with Crippen LogP contribution in [-0.4, -0.2) is 71.6 Å². The van der Waals surface area contributed by atoms with Crippen LogP contribution >= 0.6 is 0 Å². The molecule has 222 valence electrons. The molecule has 1 aliphatic rings. The minimum Gasteiger partial charge on any atom is -0.496 e. The summed E-state index contributed by atoms with van der Waals surface area (Å²) in [5, 5.41) is 3.32. The van der Waals surface area contributed by atoms with Gasteiger partial charge in [0.15, 0.2) is 0 Å². The van der Waals surface area contributed by atoms with Gasteiger partial charge in [0.2, 0.25) is 0 Å². The lowest BCUT2D eigenvalue weighted by atomic mass is 10.0. The number of ether oxygens (including phenoxy) is 1. The Balaban J connectivity index is 1.17. The number of fused-ring (bicyclic) bond motifs is 1. The van der Waals surface area contributed by atoms with Crippen LogP contribution in [0, 0.1) is 0 Å². The van der Waals surface area contributed by atoms with Crippen LogP contribution in [0.2, 0.25) is 0 Å². The number of carbonyl (C=O) groups is 4. The van der Waals surface area contributed by atoms with Crippen LogP contribution < -0.4 is 10.1 Å². The molecule has 44 heavy (non-hydrogen) atoms. The maximum Gasteiger partial charge on any atom is 0.295 e. The number of hydrogen-bond donors (Lipinski definition) is 2. The van der Waals surface area contributed by atoms with Gasteiger partial charge in [-0.1, -0.05) is 36.4 Å². The van der Waals surface area contributed by atoms with Crippen molar-refractivity contribution in [2.45, 2.75) is 6.54 Å². The number of amides is 3. The molecule has 0 saturated carbocycles. The van der Waals surface area contributed by atoms with E-state index in [0.29, 0.717) is 58.0 Å². The molecule has 1 aliphatic heterocycles. The van der Waals surface area contributed by atoms with Gasteiger partial charge >= 0.3 is 0 Å². The Kier molecular flexibility index (Phi) is 7.96. The van der Waals surface area contributed by atoms with Crippen LogP contribution in [0.3, 0.4) is 0 Å². The van der Waals surface area contributed by atoms with Crippen LogP contribution in [0.1, 0.15) is 36.8 Å². The Morgan fingerprint density at radius 2 is 1.48 bits per heavy atom. The number of piperazine rings is 1. The number of carbonyl (C=O) groups excluding carboxylic acids is 4. The molecule has 1 saturated heterocycles. The number of nitrogens with zero attached hydrogens (tertiary/aromatic N) is 2. The van der Waals surface area contributed by atoms with E-state index in [9.17, 15) is 19.2 Å². The molecule has 5 aromatic rings. The number of Topliss-reactive ketones (excluding diaryl/α,β-unsaturated/α-hetero) is 1. The third-order valence-electron chi connectivity index (χ3n) is 7.72. The quantitative estimate of drug-likeness (QED) is 0.202. The molecule has 0 spiro atoms. The summed E-state index contributed by atoms with van der Waals surface area (Å²) in [4.78, 5) is 58.4. The van der Waals surface area contributed by atoms with Gasteiger partial charge in [0, 0.05) is 49.1 Å². The number of H-pyrrole nitrogens is 1. The molecular formula is C34H30N4O6. The summed E-state index contributed by atoms with van der Waals surface area (Å²) in [6, 6.07) is 25.0. The van der Waals surface area contributed by atoms with E-state index in [1.54, 1.807) is 59.5 Å². The fraction of sp³-hybridized carbons (Fsp3) is 0.176. The largest absolute Gasteiger partial charge is 0.496 e. The number of methoxy groups -OCH3 is 1. The summed E-state index contributed by atoms with van der Waals surface area (Å²) >= 11 is 0. The summed E-state index contributed by atoms with van der Waals surface area (Å²) in [6.07, 6.45) is 1.51. The second kappa shape index (κ2) is 12.3. The van der Waals surface area contributed by atoms with Crippen molar-refractivity contribution in [3.05, 3.63) is 114 Å². The molecule has 3 heterocycles. The topological polar surface area (TPSA) is 125 Å². The highest BCUT2D eigenvalue weighted by molar-refractivity contribution is 6.45. The highest BCUT2D eigenvalue weighted by atomic mass is 16.5. The maximum absolute atomic E-state index is 13.5. The van der Waals surface area contributed by atoms with Gasteiger partial charge in [0.05, 0.1) is 30.1 Å². The normalized spacial score (nSPS) is 13.1. The van der Waals surface area contributed by atoms with Crippen LogP contribution in [0.15, 0.2) is 95.5 Å². The lowest BCUT2D eigenvalue weighted by molar-refractivity contribution is -0.127. The van der Waals surface area contributed by atoms with Crippen LogP contribution in [-0.2, 0) is 11.3 Å². The van der Waals surface area contributed by atoms with Crippen molar-refractivity contribution in [3.8, 4) is 17.1 Å².